The molecule has 0 fully saturated rings. The van der Waals surface area contributed by atoms with Crippen LogP contribution in [-0.2, 0) is 27.1 Å². The maximum Gasteiger partial charge on any atom is 0.332 e. The maximum atomic E-state index is 12.4. The highest BCUT2D eigenvalue weighted by atomic mass is 16.5. The summed E-state index contributed by atoms with van der Waals surface area (Å²) in [5.74, 6) is 0.676. The van der Waals surface area contributed by atoms with Gasteiger partial charge in [0.05, 0.1) is 12.9 Å². The van der Waals surface area contributed by atoms with Crippen LogP contribution in [0.3, 0.4) is 0 Å². The Morgan fingerprint density at radius 2 is 1.85 bits per heavy atom. The summed E-state index contributed by atoms with van der Waals surface area (Å²) in [6.45, 7) is 2.29. The van der Waals surface area contributed by atoms with Crippen molar-refractivity contribution in [3.8, 4) is 5.75 Å². The lowest BCUT2D eigenvalue weighted by Crippen LogP contribution is -2.38. The van der Waals surface area contributed by atoms with Crippen molar-refractivity contribution in [1.82, 2.24) is 18.7 Å². The molecule has 0 aliphatic rings. The molecule has 138 valence electrons. The summed E-state index contributed by atoms with van der Waals surface area (Å²) in [6, 6.07) is 7.69. The minimum absolute atomic E-state index is 0.0806. The summed E-state index contributed by atoms with van der Waals surface area (Å²) >= 11 is 0. The number of ether oxygens (including phenoxy) is 1. The summed E-state index contributed by atoms with van der Waals surface area (Å²) in [7, 11) is 2.97. The maximum absolute atomic E-state index is 12.4. The normalized spacial score (nSPS) is 12.5. The molecular weight excluding hydrogens is 336 g/mol. The molecule has 1 aromatic carbocycles. The first kappa shape index (κ1) is 17.9. The molecule has 0 unspecified atom stereocenters. The fourth-order valence-electron chi connectivity index (χ4n) is 2.83. The van der Waals surface area contributed by atoms with E-state index in [1.54, 1.807) is 11.6 Å². The Morgan fingerprint density at radius 3 is 2.50 bits per heavy atom. The van der Waals surface area contributed by atoms with Gasteiger partial charge in [-0.3, -0.25) is 13.9 Å². The number of benzene rings is 1. The SMILES string of the molecule is CCc1ccc(OC[C@@H](O)Cn2cnc3c2c(=O)n(C)c(=O)n3C)cc1. The van der Waals surface area contributed by atoms with Crippen molar-refractivity contribution in [1.29, 1.82) is 0 Å². The van der Waals surface area contributed by atoms with E-state index >= 15 is 0 Å². The van der Waals surface area contributed by atoms with Gasteiger partial charge in [-0.25, -0.2) is 9.78 Å². The number of aliphatic hydroxyl groups excluding tert-OH is 1. The van der Waals surface area contributed by atoms with Gasteiger partial charge in [-0.15, -0.1) is 0 Å². The Morgan fingerprint density at radius 1 is 1.15 bits per heavy atom. The van der Waals surface area contributed by atoms with Crippen molar-refractivity contribution in [3.63, 3.8) is 0 Å². The smallest absolute Gasteiger partial charge is 0.332 e. The third-order valence-corrected chi connectivity index (χ3v) is 4.40. The Kier molecular flexibility index (Phi) is 4.94. The average Bonchev–Trinajstić information content (AvgIpc) is 3.07. The van der Waals surface area contributed by atoms with Gasteiger partial charge in [0.2, 0.25) is 0 Å². The molecule has 0 radical (unpaired) electrons. The van der Waals surface area contributed by atoms with Crippen molar-refractivity contribution >= 4 is 11.2 Å². The van der Waals surface area contributed by atoms with Gasteiger partial charge >= 0.3 is 5.69 Å². The van der Waals surface area contributed by atoms with E-state index in [9.17, 15) is 14.7 Å². The molecule has 0 aliphatic heterocycles. The van der Waals surface area contributed by atoms with Gasteiger partial charge in [-0.2, -0.15) is 0 Å². The molecule has 0 aliphatic carbocycles. The molecule has 0 bridgehead atoms. The molecule has 0 amide bonds. The summed E-state index contributed by atoms with van der Waals surface area (Å²) in [4.78, 5) is 28.5. The molecular formula is C18H22N4O4. The van der Waals surface area contributed by atoms with Crippen LogP contribution in [0.5, 0.6) is 5.75 Å². The number of fused-ring (bicyclic) bond motifs is 1. The minimum atomic E-state index is -0.833. The Labute approximate surface area is 149 Å². The van der Waals surface area contributed by atoms with E-state index in [0.29, 0.717) is 11.4 Å². The van der Waals surface area contributed by atoms with Gasteiger partial charge in [0, 0.05) is 14.1 Å². The molecule has 0 saturated heterocycles. The zero-order chi connectivity index (χ0) is 18.8. The molecule has 2 heterocycles. The quantitative estimate of drug-likeness (QED) is 0.690. The monoisotopic (exact) mass is 358 g/mol. The van der Waals surface area contributed by atoms with Crippen LogP contribution in [0.15, 0.2) is 40.2 Å². The van der Waals surface area contributed by atoms with Gasteiger partial charge in [0.25, 0.3) is 5.56 Å². The minimum Gasteiger partial charge on any atom is -0.491 e. The molecule has 2 aromatic heterocycles. The predicted octanol–water partition coefficient (Wildman–Crippen LogP) is 0.436. The van der Waals surface area contributed by atoms with E-state index < -0.39 is 17.4 Å². The van der Waals surface area contributed by atoms with E-state index in [4.69, 9.17) is 4.74 Å². The number of imidazole rings is 1. The Bertz CT molecular complexity index is 1030. The fraction of sp³-hybridized carbons (Fsp3) is 0.389. The molecule has 8 nitrogen and oxygen atoms in total. The van der Waals surface area contributed by atoms with Crippen LogP contribution in [-0.4, -0.2) is 36.5 Å². The number of aromatic nitrogens is 4. The largest absolute Gasteiger partial charge is 0.491 e. The zero-order valence-corrected chi connectivity index (χ0v) is 15.0. The summed E-state index contributed by atoms with van der Waals surface area (Å²) < 4.78 is 9.49. The first-order valence-electron chi connectivity index (χ1n) is 8.43. The summed E-state index contributed by atoms with van der Waals surface area (Å²) in [5, 5.41) is 10.3. The van der Waals surface area contributed by atoms with Crippen LogP contribution in [0.4, 0.5) is 0 Å². The van der Waals surface area contributed by atoms with E-state index in [-0.39, 0.29) is 18.7 Å². The second-order valence-electron chi connectivity index (χ2n) is 6.24. The van der Waals surface area contributed by atoms with E-state index in [1.165, 1.54) is 23.5 Å². The van der Waals surface area contributed by atoms with E-state index in [2.05, 4.69) is 11.9 Å². The van der Waals surface area contributed by atoms with E-state index in [1.807, 2.05) is 24.3 Å². The van der Waals surface area contributed by atoms with Crippen molar-refractivity contribution in [2.75, 3.05) is 6.61 Å². The topological polar surface area (TPSA) is 91.3 Å². The third-order valence-electron chi connectivity index (χ3n) is 4.40. The second kappa shape index (κ2) is 7.17. The predicted molar refractivity (Wildman–Crippen MR) is 97.5 cm³/mol. The molecule has 3 aromatic rings. The Hall–Kier alpha value is -2.87. The lowest BCUT2D eigenvalue weighted by molar-refractivity contribution is 0.0933. The lowest BCUT2D eigenvalue weighted by atomic mass is 10.2. The van der Waals surface area contributed by atoms with Crippen LogP contribution in [0.2, 0.25) is 0 Å². The summed E-state index contributed by atoms with van der Waals surface area (Å²) in [6.07, 6.45) is 1.57. The van der Waals surface area contributed by atoms with Crippen LogP contribution in [0, 0.1) is 0 Å². The molecule has 0 spiro atoms. The van der Waals surface area contributed by atoms with Crippen molar-refractivity contribution in [2.24, 2.45) is 14.1 Å². The third kappa shape index (κ3) is 3.28. The highest BCUT2D eigenvalue weighted by molar-refractivity contribution is 5.69. The highest BCUT2D eigenvalue weighted by Gasteiger charge is 2.16. The summed E-state index contributed by atoms with van der Waals surface area (Å²) in [5.41, 5.74) is 0.905. The number of rotatable bonds is 6. The second-order valence-corrected chi connectivity index (χ2v) is 6.24. The van der Waals surface area contributed by atoms with Crippen molar-refractivity contribution < 1.29 is 9.84 Å². The first-order valence-corrected chi connectivity index (χ1v) is 8.43. The Balaban J connectivity index is 1.76. The number of hydrogen-bond donors (Lipinski definition) is 1. The number of hydrogen-bond acceptors (Lipinski definition) is 5. The van der Waals surface area contributed by atoms with Crippen molar-refractivity contribution in [3.05, 3.63) is 57.0 Å². The highest BCUT2D eigenvalue weighted by Crippen LogP contribution is 2.13. The fourth-order valence-corrected chi connectivity index (χ4v) is 2.83. The molecule has 1 atom stereocenters. The van der Waals surface area contributed by atoms with Crippen molar-refractivity contribution in [2.45, 2.75) is 26.0 Å². The molecule has 8 heteroatoms. The van der Waals surface area contributed by atoms with Crippen LogP contribution in [0.1, 0.15) is 12.5 Å². The van der Waals surface area contributed by atoms with Gasteiger partial charge in [0.1, 0.15) is 18.5 Å². The van der Waals surface area contributed by atoms with Crippen LogP contribution in [0.25, 0.3) is 11.2 Å². The van der Waals surface area contributed by atoms with Gasteiger partial charge < -0.3 is 14.4 Å². The van der Waals surface area contributed by atoms with Gasteiger partial charge in [-0.05, 0) is 24.1 Å². The van der Waals surface area contributed by atoms with Gasteiger partial charge in [-0.1, -0.05) is 19.1 Å². The zero-order valence-electron chi connectivity index (χ0n) is 15.0. The van der Waals surface area contributed by atoms with Crippen LogP contribution < -0.4 is 16.0 Å². The first-order chi connectivity index (χ1) is 12.4. The molecule has 3 rings (SSSR count). The number of aliphatic hydroxyl groups is 1. The van der Waals surface area contributed by atoms with E-state index in [0.717, 1.165) is 11.0 Å². The van der Waals surface area contributed by atoms with Crippen LogP contribution >= 0.6 is 0 Å². The number of aryl methyl sites for hydroxylation is 2. The lowest BCUT2D eigenvalue weighted by Gasteiger charge is -2.14. The number of nitrogens with zero attached hydrogens (tertiary/aromatic N) is 4. The van der Waals surface area contributed by atoms with Gasteiger partial charge in [0.15, 0.2) is 11.2 Å². The molecule has 1 N–H and O–H groups in total. The molecule has 26 heavy (non-hydrogen) atoms. The standard InChI is InChI=1S/C18H22N4O4/c1-4-12-5-7-14(8-6-12)26-10-13(23)9-22-11-19-16-15(22)17(24)21(3)18(25)20(16)2/h5-8,11,13,23H,4,9-10H2,1-3H3/t13-/m0/s1. The molecule has 0 saturated carbocycles. The average molecular weight is 358 g/mol.